The summed E-state index contributed by atoms with van der Waals surface area (Å²) in [7, 11) is 0. The number of aromatic amines is 1. The zero-order valence-corrected chi connectivity index (χ0v) is 16.6. The fourth-order valence-electron chi connectivity index (χ4n) is 4.32. The molecule has 1 saturated carbocycles. The first-order chi connectivity index (χ1) is 12.9. The molecule has 27 heavy (non-hydrogen) atoms. The highest BCUT2D eigenvalue weighted by Crippen LogP contribution is 2.44. The largest absolute Gasteiger partial charge is 0.489 e. The zero-order chi connectivity index (χ0) is 19.6. The lowest BCUT2D eigenvalue weighted by atomic mass is 9.66. The molecule has 3 rings (SSSR count). The Bertz CT molecular complexity index is 923. The van der Waals surface area contributed by atoms with Gasteiger partial charge < -0.3 is 15.5 Å². The molecule has 1 aliphatic carbocycles. The second-order valence-electron chi connectivity index (χ2n) is 7.52. The molecule has 1 aliphatic rings. The summed E-state index contributed by atoms with van der Waals surface area (Å²) in [4.78, 5) is 14.6. The van der Waals surface area contributed by atoms with Crippen molar-refractivity contribution in [2.45, 2.75) is 64.5 Å². The highest BCUT2D eigenvalue weighted by Gasteiger charge is 2.38. The predicted octanol–water partition coefficient (Wildman–Crippen LogP) is 4.51. The van der Waals surface area contributed by atoms with Crippen LogP contribution in [0, 0.1) is 16.7 Å². The molecule has 0 saturated heterocycles. The summed E-state index contributed by atoms with van der Waals surface area (Å²) in [6.45, 7) is 4.37. The quantitative estimate of drug-likeness (QED) is 0.789. The second kappa shape index (κ2) is 7.92. The van der Waals surface area contributed by atoms with Crippen molar-refractivity contribution in [1.82, 2.24) is 4.98 Å². The van der Waals surface area contributed by atoms with Crippen molar-refractivity contribution in [2.75, 3.05) is 0 Å². The van der Waals surface area contributed by atoms with E-state index in [4.69, 9.17) is 22.1 Å². The number of hydrogen-bond acceptors (Lipinski definition) is 4. The third-order valence-electron chi connectivity index (χ3n) is 6.23. The van der Waals surface area contributed by atoms with Crippen molar-refractivity contribution in [1.29, 1.82) is 5.26 Å². The van der Waals surface area contributed by atoms with Gasteiger partial charge in [0.2, 0.25) is 0 Å². The Morgan fingerprint density at radius 3 is 2.67 bits per heavy atom. The molecule has 0 radical (unpaired) electrons. The maximum atomic E-state index is 12.0. The van der Waals surface area contributed by atoms with Gasteiger partial charge in [-0.2, -0.15) is 5.26 Å². The number of rotatable bonds is 5. The SMILES string of the molecule is CC[C@@H](N)C1(CC)CCC(Oc2cc3c(C#N)c[nH]c(=O)c3cc2Cl)CC1. The van der Waals surface area contributed by atoms with E-state index >= 15 is 0 Å². The smallest absolute Gasteiger partial charge is 0.255 e. The van der Waals surface area contributed by atoms with Gasteiger partial charge in [0.1, 0.15) is 11.8 Å². The molecule has 6 heteroatoms. The van der Waals surface area contributed by atoms with Crippen LogP contribution >= 0.6 is 11.6 Å². The van der Waals surface area contributed by atoms with E-state index in [0.717, 1.165) is 38.5 Å². The minimum atomic E-state index is -0.267. The number of halogens is 1. The number of pyridine rings is 1. The minimum absolute atomic E-state index is 0.0659. The van der Waals surface area contributed by atoms with Gasteiger partial charge in [-0.15, -0.1) is 0 Å². The molecule has 0 bridgehead atoms. The first kappa shape index (κ1) is 19.7. The van der Waals surface area contributed by atoms with Gasteiger partial charge in [-0.1, -0.05) is 25.4 Å². The van der Waals surface area contributed by atoms with E-state index in [9.17, 15) is 10.1 Å². The fraction of sp³-hybridized carbons (Fsp3) is 0.524. The molecule has 0 amide bonds. The molecule has 1 heterocycles. The van der Waals surface area contributed by atoms with Crippen LogP contribution in [0.25, 0.3) is 10.8 Å². The molecule has 0 spiro atoms. The molecular formula is C21H26ClN3O2. The topological polar surface area (TPSA) is 91.9 Å². The Hall–Kier alpha value is -2.03. The number of H-pyrrole nitrogens is 1. The summed E-state index contributed by atoms with van der Waals surface area (Å²) >= 11 is 6.37. The van der Waals surface area contributed by atoms with Crippen molar-refractivity contribution in [3.8, 4) is 11.8 Å². The van der Waals surface area contributed by atoms with Gasteiger partial charge in [-0.25, -0.2) is 0 Å². The Morgan fingerprint density at radius 1 is 1.37 bits per heavy atom. The maximum absolute atomic E-state index is 12.0. The number of nitrogens with two attached hydrogens (primary N) is 1. The van der Waals surface area contributed by atoms with Crippen molar-refractivity contribution in [3.05, 3.63) is 39.3 Å². The molecule has 1 aromatic heterocycles. The summed E-state index contributed by atoms with van der Waals surface area (Å²) in [5.74, 6) is 0.528. The first-order valence-electron chi connectivity index (χ1n) is 9.61. The number of aromatic nitrogens is 1. The molecular weight excluding hydrogens is 362 g/mol. The van der Waals surface area contributed by atoms with Crippen molar-refractivity contribution < 1.29 is 4.74 Å². The Morgan fingerprint density at radius 2 is 2.07 bits per heavy atom. The van der Waals surface area contributed by atoms with E-state index in [-0.39, 0.29) is 23.1 Å². The van der Waals surface area contributed by atoms with Crippen LogP contribution in [0.2, 0.25) is 5.02 Å². The van der Waals surface area contributed by atoms with E-state index in [1.807, 2.05) is 0 Å². The third-order valence-corrected chi connectivity index (χ3v) is 6.52. The second-order valence-corrected chi connectivity index (χ2v) is 7.93. The average molecular weight is 388 g/mol. The molecule has 0 unspecified atom stereocenters. The van der Waals surface area contributed by atoms with Gasteiger partial charge >= 0.3 is 0 Å². The number of nitriles is 1. The van der Waals surface area contributed by atoms with E-state index in [0.29, 0.717) is 27.1 Å². The highest BCUT2D eigenvalue weighted by atomic mass is 35.5. The first-order valence-corrected chi connectivity index (χ1v) is 9.99. The average Bonchev–Trinajstić information content (AvgIpc) is 2.69. The zero-order valence-electron chi connectivity index (χ0n) is 15.8. The van der Waals surface area contributed by atoms with Crippen LogP contribution in [-0.4, -0.2) is 17.1 Å². The van der Waals surface area contributed by atoms with E-state index in [2.05, 4.69) is 24.9 Å². The molecule has 0 aliphatic heterocycles. The normalized spacial score (nSPS) is 23.7. The Balaban J connectivity index is 1.83. The standard InChI is InChI=1S/C21H26ClN3O2/c1-3-19(24)21(4-2)7-5-14(6-8-21)27-18-10-15-13(11-23)12-25-20(26)16(15)9-17(18)22/h9-10,12,14,19H,3-8,24H2,1-2H3,(H,25,26)/t14?,19-,21?/m1/s1. The number of fused-ring (bicyclic) bond motifs is 1. The minimum Gasteiger partial charge on any atom is -0.489 e. The van der Waals surface area contributed by atoms with E-state index in [1.54, 1.807) is 12.1 Å². The Labute approximate surface area is 164 Å². The summed E-state index contributed by atoms with van der Waals surface area (Å²) in [5, 5.41) is 10.7. The lowest BCUT2D eigenvalue weighted by molar-refractivity contribution is 0.0569. The van der Waals surface area contributed by atoms with Crippen LogP contribution in [0.1, 0.15) is 57.9 Å². The maximum Gasteiger partial charge on any atom is 0.255 e. The number of ether oxygens (including phenoxy) is 1. The van der Waals surface area contributed by atoms with Gasteiger partial charge in [0, 0.05) is 17.6 Å². The highest BCUT2D eigenvalue weighted by molar-refractivity contribution is 6.32. The summed E-state index contributed by atoms with van der Waals surface area (Å²) < 4.78 is 6.19. The number of benzene rings is 1. The van der Waals surface area contributed by atoms with Crippen molar-refractivity contribution in [3.63, 3.8) is 0 Å². The van der Waals surface area contributed by atoms with E-state index < -0.39 is 0 Å². The number of nitrogens with one attached hydrogen (secondary N) is 1. The number of hydrogen-bond donors (Lipinski definition) is 2. The van der Waals surface area contributed by atoms with Crippen LogP contribution in [0.4, 0.5) is 0 Å². The molecule has 1 atom stereocenters. The van der Waals surface area contributed by atoms with Crippen LogP contribution in [0.3, 0.4) is 0 Å². The monoisotopic (exact) mass is 387 g/mol. The van der Waals surface area contributed by atoms with Gasteiger partial charge in [0.25, 0.3) is 5.56 Å². The lowest BCUT2D eigenvalue weighted by Crippen LogP contribution is -2.45. The van der Waals surface area contributed by atoms with Gasteiger partial charge in [-0.05, 0) is 56.1 Å². The van der Waals surface area contributed by atoms with Gasteiger partial charge in [-0.3, -0.25) is 4.79 Å². The van der Waals surface area contributed by atoms with Crippen LogP contribution < -0.4 is 16.0 Å². The van der Waals surface area contributed by atoms with Crippen LogP contribution in [0.15, 0.2) is 23.1 Å². The summed E-state index contributed by atoms with van der Waals surface area (Å²) in [5.41, 5.74) is 6.73. The molecule has 3 N–H and O–H groups in total. The summed E-state index contributed by atoms with van der Waals surface area (Å²) in [6, 6.07) is 5.62. The molecule has 144 valence electrons. The number of nitrogens with zero attached hydrogens (tertiary/aromatic N) is 1. The molecule has 5 nitrogen and oxygen atoms in total. The summed E-state index contributed by atoms with van der Waals surface area (Å²) in [6.07, 6.45) is 7.49. The van der Waals surface area contributed by atoms with Crippen LogP contribution in [-0.2, 0) is 0 Å². The predicted molar refractivity (Wildman–Crippen MR) is 108 cm³/mol. The van der Waals surface area contributed by atoms with Crippen molar-refractivity contribution >= 4 is 22.4 Å². The van der Waals surface area contributed by atoms with Crippen LogP contribution in [0.5, 0.6) is 5.75 Å². The fourth-order valence-corrected chi connectivity index (χ4v) is 4.53. The van der Waals surface area contributed by atoms with E-state index in [1.165, 1.54) is 6.20 Å². The molecule has 2 aromatic rings. The van der Waals surface area contributed by atoms with Gasteiger partial charge in [0.15, 0.2) is 0 Å². The Kier molecular flexibility index (Phi) is 5.78. The van der Waals surface area contributed by atoms with Gasteiger partial charge in [0.05, 0.1) is 22.1 Å². The lowest BCUT2D eigenvalue weighted by Gasteiger charge is -2.43. The third kappa shape index (κ3) is 3.69. The molecule has 1 fully saturated rings. The molecule has 1 aromatic carbocycles. The van der Waals surface area contributed by atoms with Crippen molar-refractivity contribution in [2.24, 2.45) is 11.1 Å².